The summed E-state index contributed by atoms with van der Waals surface area (Å²) in [5, 5.41) is 9.55. The number of piperidine rings is 1. The van der Waals surface area contributed by atoms with Gasteiger partial charge in [-0.2, -0.15) is 0 Å². The highest BCUT2D eigenvalue weighted by Gasteiger charge is 2.27. The van der Waals surface area contributed by atoms with Crippen LogP contribution in [0.3, 0.4) is 0 Å². The van der Waals surface area contributed by atoms with Gasteiger partial charge in [0.25, 0.3) is 0 Å². The molecule has 3 heteroatoms. The van der Waals surface area contributed by atoms with Gasteiger partial charge < -0.3 is 15.7 Å². The van der Waals surface area contributed by atoms with Crippen LogP contribution in [0.1, 0.15) is 19.8 Å². The van der Waals surface area contributed by atoms with Crippen molar-refractivity contribution in [1.82, 2.24) is 4.90 Å². The van der Waals surface area contributed by atoms with E-state index in [0.29, 0.717) is 12.5 Å². The standard InChI is InChI=1S/C10H22N2O/c1-8(13)10(6-11)9-4-3-5-12(2)7-9/h8-10,13H,3-7,11H2,1-2H3. The smallest absolute Gasteiger partial charge is 0.0555 e. The van der Waals surface area contributed by atoms with Crippen molar-refractivity contribution in [3.63, 3.8) is 0 Å². The highest BCUT2D eigenvalue weighted by molar-refractivity contribution is 4.80. The molecule has 3 unspecified atom stereocenters. The van der Waals surface area contributed by atoms with E-state index in [-0.39, 0.29) is 12.0 Å². The number of hydrogen-bond acceptors (Lipinski definition) is 3. The van der Waals surface area contributed by atoms with Gasteiger partial charge in [0.15, 0.2) is 0 Å². The van der Waals surface area contributed by atoms with E-state index in [4.69, 9.17) is 5.73 Å². The van der Waals surface area contributed by atoms with Crippen LogP contribution in [0.4, 0.5) is 0 Å². The Kier molecular flexibility index (Phi) is 4.16. The second-order valence-corrected chi connectivity index (χ2v) is 4.30. The molecule has 0 amide bonds. The first kappa shape index (κ1) is 11.0. The molecule has 1 aliphatic rings. The van der Waals surface area contributed by atoms with Gasteiger partial charge in [-0.1, -0.05) is 0 Å². The fourth-order valence-electron chi connectivity index (χ4n) is 2.34. The van der Waals surface area contributed by atoms with Gasteiger partial charge in [0.1, 0.15) is 0 Å². The maximum atomic E-state index is 9.55. The minimum Gasteiger partial charge on any atom is -0.393 e. The molecule has 0 saturated carbocycles. The summed E-state index contributed by atoms with van der Waals surface area (Å²) in [7, 11) is 2.14. The van der Waals surface area contributed by atoms with Crippen molar-refractivity contribution >= 4 is 0 Å². The topological polar surface area (TPSA) is 49.5 Å². The predicted octanol–water partition coefficient (Wildman–Crippen LogP) is 0.284. The molecule has 0 radical (unpaired) electrons. The average molecular weight is 186 g/mol. The fourth-order valence-corrected chi connectivity index (χ4v) is 2.34. The molecule has 1 saturated heterocycles. The molecule has 3 atom stereocenters. The number of aliphatic hydroxyl groups excluding tert-OH is 1. The molecule has 1 rings (SSSR count). The van der Waals surface area contributed by atoms with Gasteiger partial charge in [-0.15, -0.1) is 0 Å². The van der Waals surface area contributed by atoms with Gasteiger partial charge in [-0.25, -0.2) is 0 Å². The molecular weight excluding hydrogens is 164 g/mol. The molecule has 0 aliphatic carbocycles. The van der Waals surface area contributed by atoms with Crippen LogP contribution in [0.2, 0.25) is 0 Å². The summed E-state index contributed by atoms with van der Waals surface area (Å²) in [5.74, 6) is 0.867. The number of likely N-dealkylation sites (tertiary alicyclic amines) is 1. The Hall–Kier alpha value is -0.120. The SMILES string of the molecule is CC(O)C(CN)C1CCCN(C)C1. The van der Waals surface area contributed by atoms with Crippen molar-refractivity contribution in [2.75, 3.05) is 26.7 Å². The van der Waals surface area contributed by atoms with Crippen LogP contribution in [-0.2, 0) is 0 Å². The lowest BCUT2D eigenvalue weighted by atomic mass is 9.82. The Bertz CT molecular complexity index is 150. The summed E-state index contributed by atoms with van der Waals surface area (Å²) >= 11 is 0. The number of hydrogen-bond donors (Lipinski definition) is 2. The van der Waals surface area contributed by atoms with E-state index < -0.39 is 0 Å². The second kappa shape index (κ2) is 4.94. The van der Waals surface area contributed by atoms with Crippen LogP contribution in [0, 0.1) is 11.8 Å². The van der Waals surface area contributed by atoms with Crippen LogP contribution in [0.25, 0.3) is 0 Å². The molecule has 1 aliphatic heterocycles. The zero-order chi connectivity index (χ0) is 9.84. The van der Waals surface area contributed by atoms with Gasteiger partial charge in [0.05, 0.1) is 6.10 Å². The van der Waals surface area contributed by atoms with Crippen LogP contribution < -0.4 is 5.73 Å². The van der Waals surface area contributed by atoms with Crippen molar-refractivity contribution < 1.29 is 5.11 Å². The van der Waals surface area contributed by atoms with Crippen molar-refractivity contribution in [2.45, 2.75) is 25.9 Å². The van der Waals surface area contributed by atoms with Crippen LogP contribution in [-0.4, -0.2) is 42.8 Å². The third-order valence-electron chi connectivity index (χ3n) is 3.16. The Labute approximate surface area is 80.9 Å². The summed E-state index contributed by atoms with van der Waals surface area (Å²) in [6.45, 7) is 4.74. The van der Waals surface area contributed by atoms with E-state index >= 15 is 0 Å². The van der Waals surface area contributed by atoms with E-state index in [1.807, 2.05) is 6.92 Å². The van der Waals surface area contributed by atoms with E-state index in [0.717, 1.165) is 6.54 Å². The van der Waals surface area contributed by atoms with Gasteiger partial charge in [0, 0.05) is 12.5 Å². The Morgan fingerprint density at radius 2 is 2.31 bits per heavy atom. The molecule has 0 bridgehead atoms. The third-order valence-corrected chi connectivity index (χ3v) is 3.16. The molecule has 0 aromatic heterocycles. The van der Waals surface area contributed by atoms with Crippen LogP contribution in [0.5, 0.6) is 0 Å². The zero-order valence-electron chi connectivity index (χ0n) is 8.74. The van der Waals surface area contributed by atoms with Crippen LogP contribution >= 0.6 is 0 Å². The van der Waals surface area contributed by atoms with Crippen LogP contribution in [0.15, 0.2) is 0 Å². The third kappa shape index (κ3) is 2.93. The molecule has 0 spiro atoms. The van der Waals surface area contributed by atoms with E-state index in [1.54, 1.807) is 0 Å². The molecular formula is C10H22N2O. The molecule has 1 fully saturated rings. The summed E-state index contributed by atoms with van der Waals surface area (Å²) in [4.78, 5) is 2.33. The van der Waals surface area contributed by atoms with Gasteiger partial charge in [0.2, 0.25) is 0 Å². The summed E-state index contributed by atoms with van der Waals surface area (Å²) < 4.78 is 0. The molecule has 0 aromatic carbocycles. The summed E-state index contributed by atoms with van der Waals surface area (Å²) in [5.41, 5.74) is 5.67. The molecule has 3 nitrogen and oxygen atoms in total. The van der Waals surface area contributed by atoms with E-state index in [9.17, 15) is 5.11 Å². The van der Waals surface area contributed by atoms with Gasteiger partial charge in [-0.05, 0) is 45.8 Å². The maximum Gasteiger partial charge on any atom is 0.0555 e. The minimum atomic E-state index is -0.263. The average Bonchev–Trinajstić information content (AvgIpc) is 2.04. The summed E-state index contributed by atoms with van der Waals surface area (Å²) in [6, 6.07) is 0. The number of nitrogens with two attached hydrogens (primary N) is 1. The summed E-state index contributed by atoms with van der Waals surface area (Å²) in [6.07, 6.45) is 2.20. The van der Waals surface area contributed by atoms with Crippen molar-refractivity contribution in [2.24, 2.45) is 17.6 Å². The molecule has 1 heterocycles. The maximum absolute atomic E-state index is 9.55. The van der Waals surface area contributed by atoms with E-state index in [2.05, 4.69) is 11.9 Å². The lowest BCUT2D eigenvalue weighted by Gasteiger charge is -2.35. The Morgan fingerprint density at radius 1 is 1.62 bits per heavy atom. The quantitative estimate of drug-likeness (QED) is 0.666. The lowest BCUT2D eigenvalue weighted by Crippen LogP contribution is -2.42. The Balaban J connectivity index is 2.47. The second-order valence-electron chi connectivity index (χ2n) is 4.30. The minimum absolute atomic E-state index is 0.263. The molecule has 78 valence electrons. The first-order chi connectivity index (χ1) is 6.15. The highest BCUT2D eigenvalue weighted by Crippen LogP contribution is 2.24. The van der Waals surface area contributed by atoms with Crippen molar-refractivity contribution in [1.29, 1.82) is 0 Å². The van der Waals surface area contributed by atoms with Gasteiger partial charge >= 0.3 is 0 Å². The molecule has 3 N–H and O–H groups in total. The highest BCUT2D eigenvalue weighted by atomic mass is 16.3. The van der Waals surface area contributed by atoms with Crippen molar-refractivity contribution in [3.8, 4) is 0 Å². The number of rotatable bonds is 3. The zero-order valence-corrected chi connectivity index (χ0v) is 8.74. The normalized spacial score (nSPS) is 30.0. The first-order valence-corrected chi connectivity index (χ1v) is 5.21. The monoisotopic (exact) mass is 186 g/mol. The van der Waals surface area contributed by atoms with E-state index in [1.165, 1.54) is 19.4 Å². The van der Waals surface area contributed by atoms with Gasteiger partial charge in [-0.3, -0.25) is 0 Å². The molecule has 0 aromatic rings. The predicted molar refractivity (Wildman–Crippen MR) is 54.4 cm³/mol. The Morgan fingerprint density at radius 3 is 2.77 bits per heavy atom. The molecule has 13 heavy (non-hydrogen) atoms. The number of aliphatic hydroxyl groups is 1. The lowest BCUT2D eigenvalue weighted by molar-refractivity contribution is 0.0592. The first-order valence-electron chi connectivity index (χ1n) is 5.21. The number of nitrogens with zero attached hydrogens (tertiary/aromatic N) is 1. The largest absolute Gasteiger partial charge is 0.393 e. The van der Waals surface area contributed by atoms with Crippen molar-refractivity contribution in [3.05, 3.63) is 0 Å². The fraction of sp³-hybridized carbons (Fsp3) is 1.00.